The Hall–Kier alpha value is -2.42. The second-order valence-electron chi connectivity index (χ2n) is 5.99. The number of hydrogen-bond donors (Lipinski definition) is 1. The van der Waals surface area contributed by atoms with Crippen molar-refractivity contribution < 1.29 is 14.3 Å². The van der Waals surface area contributed by atoms with E-state index < -0.39 is 17.2 Å². The molecule has 0 saturated carbocycles. The molecular formula is C15H20N4O5. The molecular weight excluding hydrogens is 316 g/mol. The number of piperazine rings is 1. The third-order valence-corrected chi connectivity index (χ3v) is 4.45. The van der Waals surface area contributed by atoms with E-state index in [2.05, 4.69) is 4.98 Å². The highest BCUT2D eigenvalue weighted by atomic mass is 16.5. The van der Waals surface area contributed by atoms with Crippen LogP contribution >= 0.6 is 0 Å². The van der Waals surface area contributed by atoms with Gasteiger partial charge in [0.1, 0.15) is 5.56 Å². The van der Waals surface area contributed by atoms with Gasteiger partial charge in [-0.3, -0.25) is 19.0 Å². The van der Waals surface area contributed by atoms with Crippen LogP contribution < -0.4 is 11.2 Å². The van der Waals surface area contributed by atoms with Crippen LogP contribution in [0.5, 0.6) is 0 Å². The van der Waals surface area contributed by atoms with Crippen LogP contribution in [0.15, 0.2) is 15.8 Å². The Bertz CT molecular complexity index is 726. The molecule has 0 radical (unpaired) electrons. The molecule has 9 heteroatoms. The first-order valence-electron chi connectivity index (χ1n) is 8.03. The molecule has 2 aliphatic heterocycles. The van der Waals surface area contributed by atoms with Gasteiger partial charge in [0.15, 0.2) is 0 Å². The van der Waals surface area contributed by atoms with Crippen molar-refractivity contribution in [2.45, 2.75) is 25.5 Å². The molecule has 1 atom stereocenters. The van der Waals surface area contributed by atoms with Crippen molar-refractivity contribution in [3.63, 3.8) is 0 Å². The highest BCUT2D eigenvalue weighted by molar-refractivity contribution is 5.93. The van der Waals surface area contributed by atoms with E-state index in [4.69, 9.17) is 4.74 Å². The number of rotatable bonds is 4. The summed E-state index contributed by atoms with van der Waals surface area (Å²) in [7, 11) is 0. The summed E-state index contributed by atoms with van der Waals surface area (Å²) in [6.45, 7) is 2.36. The van der Waals surface area contributed by atoms with Crippen LogP contribution in [-0.2, 0) is 16.1 Å². The van der Waals surface area contributed by atoms with E-state index in [9.17, 15) is 19.2 Å². The number of aromatic amines is 1. The lowest BCUT2D eigenvalue weighted by molar-refractivity contribution is -0.119. The molecule has 3 heterocycles. The fourth-order valence-electron chi connectivity index (χ4n) is 3.02. The van der Waals surface area contributed by atoms with Crippen molar-refractivity contribution >= 4 is 12.3 Å². The van der Waals surface area contributed by atoms with E-state index in [1.165, 1.54) is 11.1 Å². The standard InChI is InChI=1S/C15H20N4O5/c20-10-17-3-5-18(6-4-17)13(21)12-8-16-15(23)19(14(12)22)9-11-2-1-7-24-11/h8,10-11H,1-7,9H2,(H,16,23). The largest absolute Gasteiger partial charge is 0.376 e. The number of carbonyl (C=O) groups excluding carboxylic acids is 2. The molecule has 2 aliphatic rings. The monoisotopic (exact) mass is 336 g/mol. The van der Waals surface area contributed by atoms with E-state index >= 15 is 0 Å². The average molecular weight is 336 g/mol. The van der Waals surface area contributed by atoms with Crippen LogP contribution in [0.4, 0.5) is 0 Å². The number of nitrogens with one attached hydrogen (secondary N) is 1. The van der Waals surface area contributed by atoms with Gasteiger partial charge in [-0.15, -0.1) is 0 Å². The van der Waals surface area contributed by atoms with E-state index in [-0.39, 0.29) is 18.2 Å². The van der Waals surface area contributed by atoms with Crippen molar-refractivity contribution in [1.82, 2.24) is 19.4 Å². The van der Waals surface area contributed by atoms with Crippen molar-refractivity contribution in [3.05, 3.63) is 32.6 Å². The van der Waals surface area contributed by atoms with E-state index in [1.54, 1.807) is 4.90 Å². The first-order valence-corrected chi connectivity index (χ1v) is 8.03. The van der Waals surface area contributed by atoms with Gasteiger partial charge in [-0.2, -0.15) is 0 Å². The summed E-state index contributed by atoms with van der Waals surface area (Å²) in [6, 6.07) is 0. The molecule has 2 fully saturated rings. The molecule has 0 aromatic carbocycles. The van der Waals surface area contributed by atoms with E-state index in [0.717, 1.165) is 23.8 Å². The first kappa shape index (κ1) is 16.4. The Morgan fingerprint density at radius 3 is 2.67 bits per heavy atom. The SMILES string of the molecule is O=CN1CCN(C(=O)c2c[nH]c(=O)n(CC3CCCO3)c2=O)CC1. The van der Waals surface area contributed by atoms with Gasteiger partial charge in [-0.05, 0) is 12.8 Å². The fourth-order valence-corrected chi connectivity index (χ4v) is 3.02. The van der Waals surface area contributed by atoms with Gasteiger partial charge >= 0.3 is 5.69 Å². The summed E-state index contributed by atoms with van der Waals surface area (Å²) in [5.41, 5.74) is -1.21. The molecule has 1 N–H and O–H groups in total. The lowest BCUT2D eigenvalue weighted by Gasteiger charge is -2.32. The van der Waals surface area contributed by atoms with Crippen molar-refractivity contribution in [2.75, 3.05) is 32.8 Å². The van der Waals surface area contributed by atoms with Gasteiger partial charge in [-0.25, -0.2) is 4.79 Å². The first-order chi connectivity index (χ1) is 11.6. The van der Waals surface area contributed by atoms with Crippen molar-refractivity contribution in [2.24, 2.45) is 0 Å². The third kappa shape index (κ3) is 3.25. The number of amides is 2. The maximum Gasteiger partial charge on any atom is 0.328 e. The Kier molecular flexibility index (Phi) is 4.79. The van der Waals surface area contributed by atoms with Crippen LogP contribution in [0.2, 0.25) is 0 Å². The van der Waals surface area contributed by atoms with E-state index in [0.29, 0.717) is 32.8 Å². The minimum atomic E-state index is -0.600. The molecule has 130 valence electrons. The second-order valence-corrected chi connectivity index (χ2v) is 5.99. The Morgan fingerprint density at radius 2 is 2.04 bits per heavy atom. The second kappa shape index (κ2) is 7.00. The van der Waals surface area contributed by atoms with Crippen LogP contribution in [0.1, 0.15) is 23.2 Å². The van der Waals surface area contributed by atoms with Crippen LogP contribution in [-0.4, -0.2) is 70.6 Å². The third-order valence-electron chi connectivity index (χ3n) is 4.45. The van der Waals surface area contributed by atoms with Crippen molar-refractivity contribution in [1.29, 1.82) is 0 Å². The summed E-state index contributed by atoms with van der Waals surface area (Å²) in [6.07, 6.45) is 3.43. The van der Waals surface area contributed by atoms with Gasteiger partial charge in [0, 0.05) is 39.0 Å². The minimum absolute atomic E-state index is 0.0628. The zero-order valence-electron chi connectivity index (χ0n) is 13.3. The summed E-state index contributed by atoms with van der Waals surface area (Å²) in [4.78, 5) is 53.3. The van der Waals surface area contributed by atoms with Gasteiger partial charge in [0.25, 0.3) is 11.5 Å². The van der Waals surface area contributed by atoms with Crippen molar-refractivity contribution in [3.8, 4) is 0 Å². The van der Waals surface area contributed by atoms with Crippen LogP contribution in [0, 0.1) is 0 Å². The minimum Gasteiger partial charge on any atom is -0.376 e. The van der Waals surface area contributed by atoms with Gasteiger partial charge in [0.05, 0.1) is 12.6 Å². The number of nitrogens with zero attached hydrogens (tertiary/aromatic N) is 3. The average Bonchev–Trinajstić information content (AvgIpc) is 3.11. The van der Waals surface area contributed by atoms with Crippen LogP contribution in [0.3, 0.4) is 0 Å². The predicted molar refractivity (Wildman–Crippen MR) is 83.8 cm³/mol. The molecule has 1 unspecified atom stereocenters. The zero-order valence-corrected chi connectivity index (χ0v) is 13.3. The molecule has 9 nitrogen and oxygen atoms in total. The number of hydrogen-bond acceptors (Lipinski definition) is 5. The molecule has 2 amide bonds. The molecule has 2 saturated heterocycles. The quantitative estimate of drug-likeness (QED) is 0.683. The Morgan fingerprint density at radius 1 is 1.29 bits per heavy atom. The fraction of sp³-hybridized carbons (Fsp3) is 0.600. The summed E-state index contributed by atoms with van der Waals surface area (Å²) < 4.78 is 6.49. The Labute approximate surface area is 137 Å². The van der Waals surface area contributed by atoms with E-state index in [1.807, 2.05) is 0 Å². The molecule has 0 spiro atoms. The van der Waals surface area contributed by atoms with Crippen LogP contribution in [0.25, 0.3) is 0 Å². The molecule has 24 heavy (non-hydrogen) atoms. The molecule has 1 aromatic heterocycles. The smallest absolute Gasteiger partial charge is 0.328 e. The number of ether oxygens (including phenoxy) is 1. The summed E-state index contributed by atoms with van der Waals surface area (Å²) >= 11 is 0. The van der Waals surface area contributed by atoms with Gasteiger partial charge in [-0.1, -0.05) is 0 Å². The molecule has 0 aliphatic carbocycles. The lowest BCUT2D eigenvalue weighted by atomic mass is 10.2. The molecule has 3 rings (SSSR count). The lowest BCUT2D eigenvalue weighted by Crippen LogP contribution is -2.50. The summed E-state index contributed by atoms with van der Waals surface area (Å²) in [5, 5.41) is 0. The number of carbonyl (C=O) groups is 2. The Balaban J connectivity index is 1.80. The maximum absolute atomic E-state index is 12.6. The van der Waals surface area contributed by atoms with Gasteiger partial charge < -0.3 is 19.5 Å². The highest BCUT2D eigenvalue weighted by Gasteiger charge is 2.25. The zero-order chi connectivity index (χ0) is 17.1. The summed E-state index contributed by atoms with van der Waals surface area (Å²) in [5.74, 6) is -0.428. The molecule has 1 aromatic rings. The topological polar surface area (TPSA) is 105 Å². The van der Waals surface area contributed by atoms with Gasteiger partial charge in [0.2, 0.25) is 6.41 Å². The highest BCUT2D eigenvalue weighted by Crippen LogP contribution is 2.12. The molecule has 0 bridgehead atoms. The number of H-pyrrole nitrogens is 1. The number of aromatic nitrogens is 2. The normalized spacial score (nSPS) is 21.1. The predicted octanol–water partition coefficient (Wildman–Crippen LogP) is -1.37. The maximum atomic E-state index is 12.6.